The molecule has 0 spiro atoms. The van der Waals surface area contributed by atoms with Gasteiger partial charge >= 0.3 is 19.3 Å². The Kier molecular flexibility index (Phi) is 8.49. The van der Waals surface area contributed by atoms with E-state index in [0.717, 1.165) is 0 Å². The van der Waals surface area contributed by atoms with Crippen LogP contribution in [0.4, 0.5) is 22.0 Å². The first-order chi connectivity index (χ1) is 13.1. The van der Waals surface area contributed by atoms with E-state index in [4.69, 9.17) is 0 Å². The Morgan fingerprint density at radius 3 is 2.24 bits per heavy atom. The van der Waals surface area contributed by atoms with Crippen LogP contribution in [-0.4, -0.2) is 39.0 Å². The summed E-state index contributed by atoms with van der Waals surface area (Å²) in [5.41, 5.74) is -4.51. The summed E-state index contributed by atoms with van der Waals surface area (Å²) in [6.45, 7) is 5.79. The number of alkyl halides is 3. The first kappa shape index (κ1) is 25.6. The largest absolute Gasteiger partial charge is 0.598 e. The van der Waals surface area contributed by atoms with Gasteiger partial charge in [0.1, 0.15) is 16.4 Å². The van der Waals surface area contributed by atoms with Gasteiger partial charge in [0.05, 0.1) is 24.6 Å². The van der Waals surface area contributed by atoms with E-state index in [0.29, 0.717) is 0 Å². The monoisotopic (exact) mass is 445 g/mol. The van der Waals surface area contributed by atoms with E-state index in [2.05, 4.69) is 9.46 Å². The Balaban J connectivity index is 3.67. The van der Waals surface area contributed by atoms with E-state index in [1.165, 1.54) is 27.7 Å². The summed E-state index contributed by atoms with van der Waals surface area (Å²) >= 11 is -2.05. The molecule has 0 radical (unpaired) electrons. The van der Waals surface area contributed by atoms with Gasteiger partial charge in [0.15, 0.2) is 0 Å². The fourth-order valence-electron chi connectivity index (χ4n) is 2.27. The second-order valence-electron chi connectivity index (χ2n) is 6.99. The Labute approximate surface area is 167 Å². The summed E-state index contributed by atoms with van der Waals surface area (Å²) in [6.07, 6.45) is -6.15. The van der Waals surface area contributed by atoms with E-state index >= 15 is 0 Å². The lowest BCUT2D eigenvalue weighted by atomic mass is 9.76. The highest BCUT2D eigenvalue weighted by atomic mass is 32.2. The zero-order valence-corrected chi connectivity index (χ0v) is 16.9. The fraction of sp³-hybridized carbons (Fsp3) is 0.562. The van der Waals surface area contributed by atoms with Crippen molar-refractivity contribution in [1.29, 1.82) is 0 Å². The zero-order chi connectivity index (χ0) is 22.7. The van der Waals surface area contributed by atoms with Gasteiger partial charge in [-0.25, -0.2) is 8.78 Å². The van der Waals surface area contributed by atoms with Crippen LogP contribution in [0.5, 0.6) is 0 Å². The first-order valence-corrected chi connectivity index (χ1v) is 9.55. The van der Waals surface area contributed by atoms with Crippen LogP contribution in [0.2, 0.25) is 0 Å². The lowest BCUT2D eigenvalue weighted by Crippen LogP contribution is -2.44. The molecule has 29 heavy (non-hydrogen) atoms. The van der Waals surface area contributed by atoms with Crippen LogP contribution in [0.25, 0.3) is 0 Å². The predicted molar refractivity (Wildman–Crippen MR) is 96.2 cm³/mol. The van der Waals surface area contributed by atoms with Gasteiger partial charge in [-0.05, 0) is 33.8 Å². The lowest BCUT2D eigenvalue weighted by Gasteiger charge is -2.29. The Hall–Kier alpha value is -1.41. The molecule has 164 valence electrons. The van der Waals surface area contributed by atoms with E-state index in [1.807, 2.05) is 0 Å². The second kappa shape index (κ2) is 9.60. The Bertz CT molecular complexity index is 742. The van der Waals surface area contributed by atoms with Crippen molar-refractivity contribution in [2.75, 3.05) is 6.61 Å². The Morgan fingerprint density at radius 1 is 1.28 bits per heavy atom. The number of carbonyl (C=O) groups excluding carboxylic acids is 1. The van der Waals surface area contributed by atoms with Gasteiger partial charge < -0.3 is 19.3 Å². The van der Waals surface area contributed by atoms with Crippen LogP contribution >= 0.6 is 0 Å². The molecule has 6 nitrogen and oxygen atoms in total. The number of carbonyl (C=O) groups is 1. The van der Waals surface area contributed by atoms with Crippen LogP contribution in [0.15, 0.2) is 6.07 Å². The number of hydrogen-bond donors (Lipinski definition) is 3. The number of halogens is 5. The van der Waals surface area contributed by atoms with Crippen molar-refractivity contribution < 1.29 is 46.1 Å². The average Bonchev–Trinajstić information content (AvgIpc) is 2.52. The SMILES string of the molecule is CCOC(=O)CC(N[S@+]([O-])C(C)(C)C)c1c(F)c(B(O)O)cc(C(F)(F)F)c1F. The maximum atomic E-state index is 14.8. The van der Waals surface area contributed by atoms with Crippen LogP contribution < -0.4 is 10.2 Å². The fourth-order valence-corrected chi connectivity index (χ4v) is 3.09. The molecule has 1 rings (SSSR count). The standard InChI is InChI=1S/C16H21BF5NO5S/c1-5-28-11(24)7-10(23-29(27)15(2,3)4)12-13(18)8(16(20,21)22)6-9(14(12)19)17(25)26/h6,10,23,25-26H,5,7H2,1-4H3/t10?,29-/m1/s1. The average molecular weight is 445 g/mol. The second-order valence-corrected chi connectivity index (χ2v) is 8.99. The molecular formula is C16H21BF5NO5S. The molecule has 0 aromatic heterocycles. The minimum absolute atomic E-state index is 0.0685. The highest BCUT2D eigenvalue weighted by Gasteiger charge is 2.42. The van der Waals surface area contributed by atoms with E-state index in [9.17, 15) is 41.3 Å². The highest BCUT2D eigenvalue weighted by Crippen LogP contribution is 2.36. The quantitative estimate of drug-likeness (QED) is 0.256. The molecule has 0 saturated heterocycles. The third-order valence-electron chi connectivity index (χ3n) is 3.68. The molecule has 2 atom stereocenters. The minimum Gasteiger partial charge on any atom is -0.598 e. The summed E-state index contributed by atoms with van der Waals surface area (Å²) in [4.78, 5) is 11.9. The predicted octanol–water partition coefficient (Wildman–Crippen LogP) is 1.71. The topological polar surface area (TPSA) is 102 Å². The molecule has 13 heteroatoms. The molecule has 1 unspecified atom stereocenters. The van der Waals surface area contributed by atoms with Crippen molar-refractivity contribution >= 4 is 29.9 Å². The summed E-state index contributed by atoms with van der Waals surface area (Å²) in [5.74, 6) is -4.79. The van der Waals surface area contributed by atoms with Gasteiger partial charge in [0.25, 0.3) is 0 Å². The first-order valence-electron chi connectivity index (χ1n) is 8.40. The molecule has 0 amide bonds. The highest BCUT2D eigenvalue weighted by molar-refractivity contribution is 7.90. The summed E-state index contributed by atoms with van der Waals surface area (Å²) < 4.78 is 87.4. The smallest absolute Gasteiger partial charge is 0.491 e. The molecule has 3 N–H and O–H groups in total. The normalized spacial score (nSPS) is 14.5. The summed E-state index contributed by atoms with van der Waals surface area (Å²) in [5, 5.41) is 18.4. The third kappa shape index (κ3) is 6.54. The van der Waals surface area contributed by atoms with Crippen molar-refractivity contribution in [3.05, 3.63) is 28.8 Å². The van der Waals surface area contributed by atoms with E-state index in [-0.39, 0.29) is 12.7 Å². The van der Waals surface area contributed by atoms with Gasteiger partial charge in [-0.1, -0.05) is 0 Å². The molecule has 0 fully saturated rings. The van der Waals surface area contributed by atoms with Crippen LogP contribution in [-0.2, 0) is 27.1 Å². The van der Waals surface area contributed by atoms with Gasteiger partial charge in [0, 0.05) is 22.4 Å². The number of benzene rings is 1. The van der Waals surface area contributed by atoms with Gasteiger partial charge in [0.2, 0.25) is 0 Å². The van der Waals surface area contributed by atoms with E-state index < -0.39 is 76.1 Å². The number of ether oxygens (including phenoxy) is 1. The van der Waals surface area contributed by atoms with Gasteiger partial charge in [-0.2, -0.15) is 13.2 Å². The van der Waals surface area contributed by atoms with Crippen LogP contribution in [0.3, 0.4) is 0 Å². The molecule has 0 aliphatic heterocycles. The lowest BCUT2D eigenvalue weighted by molar-refractivity contribution is -0.143. The van der Waals surface area contributed by atoms with Crippen molar-refractivity contribution in [3.63, 3.8) is 0 Å². The van der Waals surface area contributed by atoms with Gasteiger partial charge in [-0.15, -0.1) is 4.72 Å². The molecule has 1 aromatic carbocycles. The van der Waals surface area contributed by atoms with Crippen molar-refractivity contribution in [2.24, 2.45) is 0 Å². The van der Waals surface area contributed by atoms with Crippen LogP contribution in [0.1, 0.15) is 51.3 Å². The molecule has 0 heterocycles. The molecular weight excluding hydrogens is 424 g/mol. The van der Waals surface area contributed by atoms with Crippen molar-refractivity contribution in [1.82, 2.24) is 4.72 Å². The summed E-state index contributed by atoms with van der Waals surface area (Å²) in [6, 6.07) is -1.91. The Morgan fingerprint density at radius 2 is 1.83 bits per heavy atom. The number of nitrogens with one attached hydrogen (secondary N) is 1. The molecule has 0 saturated carbocycles. The van der Waals surface area contributed by atoms with Crippen molar-refractivity contribution in [3.8, 4) is 0 Å². The summed E-state index contributed by atoms with van der Waals surface area (Å²) in [7, 11) is -2.69. The zero-order valence-electron chi connectivity index (χ0n) is 16.1. The molecule has 0 aliphatic rings. The molecule has 0 aliphatic carbocycles. The number of esters is 1. The third-order valence-corrected chi connectivity index (χ3v) is 5.29. The van der Waals surface area contributed by atoms with Gasteiger partial charge in [-0.3, -0.25) is 4.79 Å². The molecule has 1 aromatic rings. The number of rotatable bonds is 7. The number of hydrogen-bond acceptors (Lipinski definition) is 6. The molecule has 0 bridgehead atoms. The maximum absolute atomic E-state index is 14.8. The van der Waals surface area contributed by atoms with E-state index in [1.54, 1.807) is 0 Å². The van der Waals surface area contributed by atoms with Crippen molar-refractivity contribution in [2.45, 2.75) is 51.1 Å². The maximum Gasteiger partial charge on any atom is 0.491 e. The minimum atomic E-state index is -5.30. The van der Waals surface area contributed by atoms with Crippen LogP contribution in [0, 0.1) is 11.6 Å².